The zero-order chi connectivity index (χ0) is 25.0. The van der Waals surface area contributed by atoms with E-state index in [1.54, 1.807) is 0 Å². The molecule has 0 saturated heterocycles. The summed E-state index contributed by atoms with van der Waals surface area (Å²) >= 11 is 1.53. The maximum absolute atomic E-state index is 12.9. The second-order valence-corrected chi connectivity index (χ2v) is 10.5. The highest BCUT2D eigenvalue weighted by Crippen LogP contribution is 2.45. The number of benzene rings is 2. The van der Waals surface area contributed by atoms with Crippen molar-refractivity contribution in [3.05, 3.63) is 59.7 Å². The van der Waals surface area contributed by atoms with Crippen molar-refractivity contribution in [1.82, 2.24) is 10.6 Å². The van der Waals surface area contributed by atoms with Gasteiger partial charge in [0.05, 0.1) is 5.54 Å². The normalized spacial score (nSPS) is 17.0. The first-order valence-electron chi connectivity index (χ1n) is 12.0. The van der Waals surface area contributed by atoms with Crippen LogP contribution in [0.4, 0.5) is 4.79 Å². The molecule has 0 aliphatic heterocycles. The number of carbonyl (C=O) groups is 3. The van der Waals surface area contributed by atoms with Gasteiger partial charge in [-0.15, -0.1) is 0 Å². The van der Waals surface area contributed by atoms with Crippen LogP contribution < -0.4 is 10.6 Å². The summed E-state index contributed by atoms with van der Waals surface area (Å²) in [5.41, 5.74) is 3.79. The summed E-state index contributed by atoms with van der Waals surface area (Å²) < 4.78 is 5.69. The molecule has 2 aliphatic carbocycles. The fraction of sp³-hybridized carbons (Fsp3) is 0.444. The number of amides is 2. The molecule has 2 aliphatic rings. The van der Waals surface area contributed by atoms with E-state index >= 15 is 0 Å². The predicted octanol–water partition coefficient (Wildman–Crippen LogP) is 4.41. The van der Waals surface area contributed by atoms with Crippen LogP contribution in [0.15, 0.2) is 48.5 Å². The van der Waals surface area contributed by atoms with Gasteiger partial charge in [-0.05, 0) is 66.4 Å². The lowest BCUT2D eigenvalue weighted by atomic mass is 9.91. The van der Waals surface area contributed by atoms with Gasteiger partial charge in [0.15, 0.2) is 0 Å². The number of nitrogens with one attached hydrogen (secondary N) is 2. The van der Waals surface area contributed by atoms with Gasteiger partial charge < -0.3 is 20.5 Å². The van der Waals surface area contributed by atoms with Crippen LogP contribution in [0.25, 0.3) is 11.1 Å². The van der Waals surface area contributed by atoms with Crippen LogP contribution >= 0.6 is 11.8 Å². The van der Waals surface area contributed by atoms with Crippen molar-refractivity contribution in [3.8, 4) is 11.1 Å². The number of carbonyl (C=O) groups excluding carboxylic acids is 2. The zero-order valence-corrected chi connectivity index (χ0v) is 20.9. The van der Waals surface area contributed by atoms with Gasteiger partial charge in [-0.1, -0.05) is 48.5 Å². The summed E-state index contributed by atoms with van der Waals surface area (Å²) in [6.45, 7) is 2.03. The maximum Gasteiger partial charge on any atom is 0.407 e. The molecule has 4 rings (SSSR count). The molecule has 35 heavy (non-hydrogen) atoms. The van der Waals surface area contributed by atoms with Crippen molar-refractivity contribution < 1.29 is 24.2 Å². The third kappa shape index (κ3) is 5.81. The average molecular weight is 497 g/mol. The number of hydrogen-bond acceptors (Lipinski definition) is 5. The maximum atomic E-state index is 12.9. The molecule has 7 nitrogen and oxygen atoms in total. The van der Waals surface area contributed by atoms with Crippen molar-refractivity contribution in [1.29, 1.82) is 0 Å². The van der Waals surface area contributed by atoms with Crippen molar-refractivity contribution in [3.63, 3.8) is 0 Å². The molecule has 3 N–H and O–H groups in total. The van der Waals surface area contributed by atoms with Crippen molar-refractivity contribution in [2.75, 3.05) is 18.6 Å². The molecule has 2 aromatic rings. The highest BCUT2D eigenvalue weighted by molar-refractivity contribution is 7.98. The molecule has 0 heterocycles. The SMILES string of the molecule is CSCC[C@H](NC(=O)CC(C)(NC(=O)OCC1c2ccccc2-c2ccccc21)C1CC1)C(=O)O. The quantitative estimate of drug-likeness (QED) is 0.426. The number of alkyl carbamates (subject to hydrolysis) is 1. The number of rotatable bonds is 11. The lowest BCUT2D eigenvalue weighted by molar-refractivity contribution is -0.142. The van der Waals surface area contributed by atoms with Gasteiger partial charge in [-0.3, -0.25) is 4.79 Å². The molecular weight excluding hydrogens is 464 g/mol. The third-order valence-corrected chi connectivity index (χ3v) is 7.63. The lowest BCUT2D eigenvalue weighted by Gasteiger charge is -2.31. The predicted molar refractivity (Wildman–Crippen MR) is 137 cm³/mol. The van der Waals surface area contributed by atoms with Crippen LogP contribution in [-0.2, 0) is 14.3 Å². The Balaban J connectivity index is 1.38. The van der Waals surface area contributed by atoms with Gasteiger partial charge in [0.2, 0.25) is 5.91 Å². The summed E-state index contributed by atoms with van der Waals surface area (Å²) in [5.74, 6) is -0.689. The average Bonchev–Trinajstić information content (AvgIpc) is 3.64. The molecule has 0 bridgehead atoms. The number of carboxylic acids is 1. The first-order chi connectivity index (χ1) is 16.8. The van der Waals surface area contributed by atoms with Crippen LogP contribution in [0.1, 0.15) is 49.7 Å². The summed E-state index contributed by atoms with van der Waals surface area (Å²) in [6, 6.07) is 15.4. The van der Waals surface area contributed by atoms with E-state index in [4.69, 9.17) is 4.74 Å². The first-order valence-corrected chi connectivity index (χ1v) is 13.4. The zero-order valence-electron chi connectivity index (χ0n) is 20.1. The highest BCUT2D eigenvalue weighted by atomic mass is 32.2. The molecule has 2 atom stereocenters. The topological polar surface area (TPSA) is 105 Å². The Morgan fingerprint density at radius 3 is 2.23 bits per heavy atom. The standard InChI is InChI=1S/C27H32N2O5S/c1-27(17-11-12-17,15-24(30)28-23(25(31)32)13-14-35-2)29-26(33)34-16-22-20-9-5-3-7-18(20)19-8-4-6-10-21(19)22/h3-10,17,22-23H,11-16H2,1-2H3,(H,28,30)(H,29,33)(H,31,32)/t23-,27?/m0/s1. The van der Waals surface area contributed by atoms with E-state index in [1.165, 1.54) is 11.8 Å². The van der Waals surface area contributed by atoms with Crippen LogP contribution in [0.2, 0.25) is 0 Å². The fourth-order valence-corrected chi connectivity index (χ4v) is 5.42. The highest BCUT2D eigenvalue weighted by Gasteiger charge is 2.45. The largest absolute Gasteiger partial charge is 0.480 e. The number of carboxylic acid groups (broad SMARTS) is 1. The summed E-state index contributed by atoms with van der Waals surface area (Å²) in [4.78, 5) is 37.1. The van der Waals surface area contributed by atoms with Gasteiger partial charge in [0.25, 0.3) is 0 Å². The van der Waals surface area contributed by atoms with E-state index in [9.17, 15) is 19.5 Å². The minimum absolute atomic E-state index is 0.00487. The smallest absolute Gasteiger partial charge is 0.407 e. The van der Waals surface area contributed by atoms with Gasteiger partial charge in [0, 0.05) is 12.3 Å². The second-order valence-electron chi connectivity index (χ2n) is 9.56. The van der Waals surface area contributed by atoms with E-state index in [1.807, 2.05) is 37.4 Å². The molecule has 186 valence electrons. The molecule has 8 heteroatoms. The molecule has 1 fully saturated rings. The first kappa shape index (κ1) is 25.1. The summed E-state index contributed by atoms with van der Waals surface area (Å²) in [6.07, 6.45) is 3.49. The Labute approximate surface area is 210 Å². The van der Waals surface area contributed by atoms with E-state index in [0.29, 0.717) is 12.2 Å². The van der Waals surface area contributed by atoms with E-state index < -0.39 is 23.6 Å². The van der Waals surface area contributed by atoms with Gasteiger partial charge in [0.1, 0.15) is 12.6 Å². The van der Waals surface area contributed by atoms with Crippen molar-refractivity contribution >= 4 is 29.7 Å². The molecule has 0 aromatic heterocycles. The molecular formula is C27H32N2O5S. The van der Waals surface area contributed by atoms with Crippen molar-refractivity contribution in [2.45, 2.75) is 50.1 Å². The lowest BCUT2D eigenvalue weighted by Crippen LogP contribution is -2.52. The van der Waals surface area contributed by atoms with Gasteiger partial charge in [-0.25, -0.2) is 9.59 Å². The number of fused-ring (bicyclic) bond motifs is 3. The molecule has 2 aromatic carbocycles. The van der Waals surface area contributed by atoms with E-state index in [0.717, 1.165) is 35.1 Å². The monoisotopic (exact) mass is 496 g/mol. The Morgan fingerprint density at radius 2 is 1.69 bits per heavy atom. The summed E-state index contributed by atoms with van der Waals surface area (Å²) in [5, 5.41) is 15.0. The Bertz CT molecular complexity index is 1060. The number of aliphatic carboxylic acids is 1. The number of hydrogen-bond donors (Lipinski definition) is 3. The molecule has 1 unspecified atom stereocenters. The molecule has 0 spiro atoms. The van der Waals surface area contributed by atoms with E-state index in [-0.39, 0.29) is 30.8 Å². The Kier molecular flexibility index (Phi) is 7.69. The fourth-order valence-electron chi connectivity index (χ4n) is 4.95. The van der Waals surface area contributed by atoms with Crippen LogP contribution in [-0.4, -0.2) is 53.3 Å². The Morgan fingerprint density at radius 1 is 1.09 bits per heavy atom. The van der Waals surface area contributed by atoms with Crippen LogP contribution in [0, 0.1) is 5.92 Å². The van der Waals surface area contributed by atoms with Crippen molar-refractivity contribution in [2.24, 2.45) is 5.92 Å². The molecule has 1 saturated carbocycles. The molecule has 2 amide bonds. The third-order valence-electron chi connectivity index (χ3n) is 6.98. The number of thioether (sulfide) groups is 1. The van der Waals surface area contributed by atoms with Gasteiger partial charge >= 0.3 is 12.1 Å². The summed E-state index contributed by atoms with van der Waals surface area (Å²) in [7, 11) is 0. The minimum Gasteiger partial charge on any atom is -0.480 e. The molecule has 0 radical (unpaired) electrons. The van der Waals surface area contributed by atoms with E-state index in [2.05, 4.69) is 34.9 Å². The number of ether oxygens (including phenoxy) is 1. The van der Waals surface area contributed by atoms with Gasteiger partial charge in [-0.2, -0.15) is 11.8 Å². The minimum atomic E-state index is -1.05. The second kappa shape index (κ2) is 10.7. The Hall–Kier alpha value is -3.00. The van der Waals surface area contributed by atoms with Crippen LogP contribution in [0.5, 0.6) is 0 Å². The van der Waals surface area contributed by atoms with Crippen LogP contribution in [0.3, 0.4) is 0 Å².